The Hall–Kier alpha value is -3.23. The molecule has 0 radical (unpaired) electrons. The maximum absolute atomic E-state index is 12.7. The van der Waals surface area contributed by atoms with Crippen LogP contribution in [-0.2, 0) is 41.6 Å². The summed E-state index contributed by atoms with van der Waals surface area (Å²) in [7, 11) is 0. The third-order valence-corrected chi connectivity index (χ3v) is 4.08. The molecule has 0 saturated carbocycles. The van der Waals surface area contributed by atoms with Crippen LogP contribution in [0.25, 0.3) is 0 Å². The van der Waals surface area contributed by atoms with E-state index in [0.717, 1.165) is 5.69 Å². The highest BCUT2D eigenvalue weighted by Gasteiger charge is 2.57. The quantitative estimate of drug-likeness (QED) is 0.334. The van der Waals surface area contributed by atoms with E-state index in [1.54, 1.807) is 37.8 Å². The van der Waals surface area contributed by atoms with E-state index < -0.39 is 23.3 Å². The first kappa shape index (κ1) is 22.1. The molecule has 0 N–H and O–H groups in total. The number of aromatic nitrogens is 3. The van der Waals surface area contributed by atoms with Gasteiger partial charge in [-0.3, -0.25) is 24.0 Å². The van der Waals surface area contributed by atoms with Crippen molar-refractivity contribution >= 4 is 17.9 Å². The Labute approximate surface area is 169 Å². The first-order valence-electron chi connectivity index (χ1n) is 9.40. The molecule has 0 unspecified atom stereocenters. The summed E-state index contributed by atoms with van der Waals surface area (Å²) in [5, 5.41) is 4.23. The summed E-state index contributed by atoms with van der Waals surface area (Å²) in [5.41, 5.74) is -0.981. The van der Waals surface area contributed by atoms with Gasteiger partial charge in [0.25, 0.3) is 5.41 Å². The van der Waals surface area contributed by atoms with Gasteiger partial charge in [0, 0.05) is 18.8 Å². The Morgan fingerprint density at radius 3 is 2.03 bits per heavy atom. The highest BCUT2D eigenvalue weighted by Crippen LogP contribution is 2.29. The number of rotatable bonds is 10. The maximum Gasteiger partial charge on any atom is 0.335 e. The van der Waals surface area contributed by atoms with Gasteiger partial charge in [-0.05, 0) is 38.5 Å². The number of ether oxygens (including phenoxy) is 3. The van der Waals surface area contributed by atoms with Gasteiger partial charge in [-0.2, -0.15) is 5.10 Å². The van der Waals surface area contributed by atoms with Gasteiger partial charge in [-0.25, -0.2) is 0 Å². The molecule has 2 aromatic rings. The Morgan fingerprint density at radius 2 is 1.55 bits per heavy atom. The fraction of sp³-hybridized carbons (Fsp3) is 0.450. The SMILES string of the molecule is CCOC(=O)C(Cc1cnn(Cc2ccccn2)c1)(C(=O)OCC)C(=O)OCC. The molecule has 0 bridgehead atoms. The molecule has 0 amide bonds. The highest BCUT2D eigenvalue weighted by molar-refractivity contribution is 6.18. The van der Waals surface area contributed by atoms with E-state index in [-0.39, 0.29) is 26.2 Å². The number of esters is 3. The van der Waals surface area contributed by atoms with Crippen molar-refractivity contribution in [2.45, 2.75) is 33.7 Å². The van der Waals surface area contributed by atoms with Crippen LogP contribution in [0, 0.1) is 5.41 Å². The molecule has 0 atom stereocenters. The minimum Gasteiger partial charge on any atom is -0.465 e. The lowest BCUT2D eigenvalue weighted by Gasteiger charge is -2.26. The van der Waals surface area contributed by atoms with E-state index in [2.05, 4.69) is 10.1 Å². The summed E-state index contributed by atoms with van der Waals surface area (Å²) in [4.78, 5) is 42.4. The van der Waals surface area contributed by atoms with Crippen molar-refractivity contribution in [2.24, 2.45) is 5.41 Å². The smallest absolute Gasteiger partial charge is 0.335 e. The van der Waals surface area contributed by atoms with Crippen LogP contribution in [0.15, 0.2) is 36.8 Å². The van der Waals surface area contributed by atoms with Gasteiger partial charge in [0.15, 0.2) is 0 Å². The van der Waals surface area contributed by atoms with Crippen LogP contribution < -0.4 is 0 Å². The lowest BCUT2D eigenvalue weighted by Crippen LogP contribution is -2.51. The monoisotopic (exact) mass is 403 g/mol. The second-order valence-electron chi connectivity index (χ2n) is 6.11. The number of carbonyl (C=O) groups is 3. The zero-order valence-corrected chi connectivity index (χ0v) is 16.8. The van der Waals surface area contributed by atoms with E-state index in [1.165, 1.54) is 6.20 Å². The molecule has 0 spiro atoms. The first-order chi connectivity index (χ1) is 14.0. The Balaban J connectivity index is 2.36. The minimum absolute atomic E-state index is 0.00165. The first-order valence-corrected chi connectivity index (χ1v) is 9.40. The molecule has 0 aliphatic rings. The molecule has 0 aliphatic carbocycles. The zero-order chi connectivity index (χ0) is 21.3. The van der Waals surface area contributed by atoms with Gasteiger partial charge in [0.1, 0.15) is 0 Å². The minimum atomic E-state index is -2.25. The number of carbonyl (C=O) groups excluding carboxylic acids is 3. The molecule has 0 saturated heterocycles. The molecule has 9 nitrogen and oxygen atoms in total. The standard InChI is InChI=1S/C20H25N3O6/c1-4-27-17(24)20(18(25)28-5-2,19(26)29-6-3)11-15-12-22-23(13-15)14-16-9-7-8-10-21-16/h7-10,12-13H,4-6,11,14H2,1-3H3. The fourth-order valence-electron chi connectivity index (χ4n) is 2.78. The number of pyridine rings is 1. The third kappa shape index (κ3) is 5.18. The average Bonchev–Trinajstić information content (AvgIpc) is 3.14. The van der Waals surface area contributed by atoms with Crippen LogP contribution in [0.5, 0.6) is 0 Å². The van der Waals surface area contributed by atoms with Crippen LogP contribution in [0.1, 0.15) is 32.0 Å². The number of hydrogen-bond donors (Lipinski definition) is 0. The van der Waals surface area contributed by atoms with Crippen LogP contribution in [-0.4, -0.2) is 52.5 Å². The molecular weight excluding hydrogens is 378 g/mol. The van der Waals surface area contributed by atoms with E-state index in [0.29, 0.717) is 12.1 Å². The molecular formula is C20H25N3O6. The van der Waals surface area contributed by atoms with Crippen molar-refractivity contribution in [3.8, 4) is 0 Å². The predicted molar refractivity (Wildman–Crippen MR) is 102 cm³/mol. The average molecular weight is 403 g/mol. The third-order valence-electron chi connectivity index (χ3n) is 4.08. The Bertz CT molecular complexity index is 788. The lowest BCUT2D eigenvalue weighted by molar-refractivity contribution is -0.183. The largest absolute Gasteiger partial charge is 0.465 e. The fourth-order valence-corrected chi connectivity index (χ4v) is 2.78. The van der Waals surface area contributed by atoms with Crippen LogP contribution in [0.3, 0.4) is 0 Å². The predicted octanol–water partition coefficient (Wildman–Crippen LogP) is 1.54. The molecule has 156 valence electrons. The van der Waals surface area contributed by atoms with Crippen LogP contribution in [0.4, 0.5) is 0 Å². The van der Waals surface area contributed by atoms with Gasteiger partial charge in [0.05, 0.1) is 38.3 Å². The van der Waals surface area contributed by atoms with Gasteiger partial charge in [-0.1, -0.05) is 6.07 Å². The van der Waals surface area contributed by atoms with E-state index in [1.807, 2.05) is 18.2 Å². The Kier molecular flexibility index (Phi) is 7.88. The topological polar surface area (TPSA) is 110 Å². The van der Waals surface area contributed by atoms with E-state index >= 15 is 0 Å². The van der Waals surface area contributed by atoms with Gasteiger partial charge in [0.2, 0.25) is 0 Å². The van der Waals surface area contributed by atoms with Crippen molar-refractivity contribution in [1.29, 1.82) is 0 Å². The van der Waals surface area contributed by atoms with Crippen molar-refractivity contribution in [3.63, 3.8) is 0 Å². The molecule has 0 aliphatic heterocycles. The van der Waals surface area contributed by atoms with Crippen LogP contribution >= 0.6 is 0 Å². The summed E-state index contributed by atoms with van der Waals surface area (Å²) in [6, 6.07) is 5.52. The van der Waals surface area contributed by atoms with Gasteiger partial charge < -0.3 is 14.2 Å². The molecule has 0 fully saturated rings. The molecule has 2 rings (SSSR count). The van der Waals surface area contributed by atoms with Crippen molar-refractivity contribution in [3.05, 3.63) is 48.0 Å². The molecule has 2 heterocycles. The zero-order valence-electron chi connectivity index (χ0n) is 16.8. The summed E-state index contributed by atoms with van der Waals surface area (Å²) >= 11 is 0. The highest BCUT2D eigenvalue weighted by atomic mass is 16.6. The summed E-state index contributed by atoms with van der Waals surface area (Å²) in [6.07, 6.45) is 4.51. The number of nitrogens with zero attached hydrogens (tertiary/aromatic N) is 3. The van der Waals surface area contributed by atoms with Crippen LogP contribution in [0.2, 0.25) is 0 Å². The van der Waals surface area contributed by atoms with Crippen molar-refractivity contribution < 1.29 is 28.6 Å². The van der Waals surface area contributed by atoms with Gasteiger partial charge in [-0.15, -0.1) is 0 Å². The Morgan fingerprint density at radius 1 is 0.966 bits per heavy atom. The maximum atomic E-state index is 12.7. The van der Waals surface area contributed by atoms with E-state index in [4.69, 9.17) is 14.2 Å². The van der Waals surface area contributed by atoms with Crippen molar-refractivity contribution in [1.82, 2.24) is 14.8 Å². The van der Waals surface area contributed by atoms with E-state index in [9.17, 15) is 14.4 Å². The summed E-state index contributed by atoms with van der Waals surface area (Å²) in [5.74, 6) is -3.02. The normalized spacial score (nSPS) is 11.0. The molecule has 9 heteroatoms. The van der Waals surface area contributed by atoms with Gasteiger partial charge >= 0.3 is 17.9 Å². The molecule has 29 heavy (non-hydrogen) atoms. The molecule has 2 aromatic heterocycles. The van der Waals surface area contributed by atoms with Crippen molar-refractivity contribution in [2.75, 3.05) is 19.8 Å². The summed E-state index contributed by atoms with van der Waals surface area (Å²) < 4.78 is 16.7. The second kappa shape index (κ2) is 10.4. The number of hydrogen-bond acceptors (Lipinski definition) is 8. The summed E-state index contributed by atoms with van der Waals surface area (Å²) in [6.45, 7) is 5.15. The molecule has 0 aromatic carbocycles. The second-order valence-corrected chi connectivity index (χ2v) is 6.11. The lowest BCUT2D eigenvalue weighted by atomic mass is 9.82.